The monoisotopic (exact) mass is 522 g/mol. The maximum Gasteiger partial charge on any atom is 0.361 e. The topological polar surface area (TPSA) is 122 Å². The van der Waals surface area contributed by atoms with Crippen LogP contribution in [0.3, 0.4) is 0 Å². The second-order valence-corrected chi connectivity index (χ2v) is 8.38. The Morgan fingerprint density at radius 3 is 1.81 bits per heavy atom. The van der Waals surface area contributed by atoms with Gasteiger partial charge in [-0.25, -0.2) is 23.1 Å². The van der Waals surface area contributed by atoms with E-state index in [9.17, 15) is 0 Å². The first-order chi connectivity index (χ1) is 17.8. The number of rotatable bonds is 8. The largest absolute Gasteiger partial charge is 0.490 e. The maximum absolute atomic E-state index is 8.49. The van der Waals surface area contributed by atoms with Gasteiger partial charge in [-0.15, -0.1) is 10.2 Å². The Morgan fingerprint density at radius 2 is 1.22 bits per heavy atom. The van der Waals surface area contributed by atoms with Gasteiger partial charge < -0.3 is 9.47 Å². The van der Waals surface area contributed by atoms with Gasteiger partial charge in [-0.3, -0.25) is 0 Å². The van der Waals surface area contributed by atoms with Crippen LogP contribution in [0.2, 0.25) is 0 Å². The average Bonchev–Trinajstić information content (AvgIpc) is 2.89. The van der Waals surface area contributed by atoms with Crippen molar-refractivity contribution < 1.29 is 42.8 Å². The Balaban J connectivity index is 0.000000695. The Hall–Kier alpha value is -3.72. The lowest BCUT2D eigenvalue weighted by Gasteiger charge is -2.17. The first kappa shape index (κ1) is 27.9. The van der Waals surface area contributed by atoms with Gasteiger partial charge >= 0.3 is 11.5 Å². The van der Waals surface area contributed by atoms with Crippen molar-refractivity contribution in [1.29, 1.82) is 0 Å². The van der Waals surface area contributed by atoms with Crippen molar-refractivity contribution in [2.24, 2.45) is 0 Å². The molecule has 0 aliphatic heterocycles. The third-order valence-electron chi connectivity index (χ3n) is 4.99. The van der Waals surface area contributed by atoms with Gasteiger partial charge in [0.1, 0.15) is 0 Å². The van der Waals surface area contributed by atoms with Gasteiger partial charge in [0.15, 0.2) is 11.5 Å². The van der Waals surface area contributed by atoms with Crippen LogP contribution in [0.1, 0.15) is 25.2 Å². The molecule has 192 valence electrons. The van der Waals surface area contributed by atoms with Crippen LogP contribution in [-0.2, 0) is 0 Å². The van der Waals surface area contributed by atoms with Crippen LogP contribution in [0.4, 0.5) is 0 Å². The molecular formula is C29H27ClO7. The fraction of sp³-hybridized carbons (Fsp3) is 0.138. The highest BCUT2D eigenvalue weighted by Crippen LogP contribution is 2.31. The second-order valence-electron chi connectivity index (χ2n) is 7.63. The van der Waals surface area contributed by atoms with E-state index in [1.165, 1.54) is 0 Å². The maximum atomic E-state index is 8.49. The normalized spacial score (nSPS) is 11.1. The summed E-state index contributed by atoms with van der Waals surface area (Å²) >= 11 is 0. The molecule has 0 unspecified atom stereocenters. The molecule has 0 atom stereocenters. The lowest BCUT2D eigenvalue weighted by Crippen LogP contribution is -2.68. The number of ether oxygens (including phenoxy) is 2. The molecule has 1 aromatic heterocycles. The Labute approximate surface area is 218 Å². The average molecular weight is 523 g/mol. The van der Waals surface area contributed by atoms with Crippen LogP contribution in [0.5, 0.6) is 11.5 Å². The Bertz CT molecular complexity index is 1220. The molecule has 0 aliphatic carbocycles. The SMILES string of the molecule is CCOc1ccc(/C=C/c2cc(-c3ccccc3)cc(-c3ccccc3)[o+]2)cc1OCC.[O-][Cl+3]([O-])([O-])[O-]. The lowest BCUT2D eigenvalue weighted by atomic mass is 10.0. The van der Waals surface area contributed by atoms with Crippen molar-refractivity contribution >= 4 is 12.2 Å². The van der Waals surface area contributed by atoms with Crippen LogP contribution in [0.15, 0.2) is 95.4 Å². The van der Waals surface area contributed by atoms with E-state index >= 15 is 0 Å². The van der Waals surface area contributed by atoms with Gasteiger partial charge in [0, 0.05) is 11.6 Å². The molecule has 0 N–H and O–H groups in total. The van der Waals surface area contributed by atoms with Crippen LogP contribution < -0.4 is 28.1 Å². The summed E-state index contributed by atoms with van der Waals surface area (Å²) in [6.45, 7) is 5.12. The van der Waals surface area contributed by atoms with Crippen molar-refractivity contribution in [1.82, 2.24) is 0 Å². The van der Waals surface area contributed by atoms with Crippen molar-refractivity contribution in [2.45, 2.75) is 13.8 Å². The molecule has 0 spiro atoms. The molecule has 4 rings (SSSR count). The van der Waals surface area contributed by atoms with Gasteiger partial charge in [0.25, 0.3) is 0 Å². The van der Waals surface area contributed by atoms with Crippen LogP contribution in [0.25, 0.3) is 34.6 Å². The van der Waals surface area contributed by atoms with Gasteiger partial charge in [-0.1, -0.05) is 54.6 Å². The van der Waals surface area contributed by atoms with Gasteiger partial charge in [0.2, 0.25) is 0 Å². The quantitative estimate of drug-likeness (QED) is 0.326. The van der Waals surface area contributed by atoms with E-state index in [4.69, 9.17) is 32.5 Å². The van der Waals surface area contributed by atoms with Gasteiger partial charge in [0.05, 0.1) is 30.9 Å². The molecular weight excluding hydrogens is 496 g/mol. The van der Waals surface area contributed by atoms with Crippen molar-refractivity contribution in [3.05, 3.63) is 102 Å². The predicted octanol–water partition coefficient (Wildman–Crippen LogP) is 3.11. The van der Waals surface area contributed by atoms with E-state index in [0.29, 0.717) is 13.2 Å². The van der Waals surface area contributed by atoms with Gasteiger partial charge in [-0.05, 0) is 55.3 Å². The van der Waals surface area contributed by atoms with Crippen molar-refractivity contribution in [3.8, 4) is 33.9 Å². The highest BCUT2D eigenvalue weighted by molar-refractivity contribution is 5.75. The van der Waals surface area contributed by atoms with E-state index < -0.39 is 10.2 Å². The lowest BCUT2D eigenvalue weighted by molar-refractivity contribution is -2.00. The zero-order valence-electron chi connectivity index (χ0n) is 20.5. The van der Waals surface area contributed by atoms with Gasteiger partial charge in [-0.2, -0.15) is 0 Å². The molecule has 0 fully saturated rings. The first-order valence-corrected chi connectivity index (χ1v) is 12.8. The smallest absolute Gasteiger partial charge is 0.361 e. The molecule has 7 nitrogen and oxygen atoms in total. The third kappa shape index (κ3) is 9.34. The summed E-state index contributed by atoms with van der Waals surface area (Å²) in [4.78, 5) is 0. The van der Waals surface area contributed by atoms with Crippen molar-refractivity contribution in [3.63, 3.8) is 0 Å². The molecule has 1 heterocycles. The van der Waals surface area contributed by atoms with E-state index in [2.05, 4.69) is 36.4 Å². The minimum absolute atomic E-state index is 0.585. The van der Waals surface area contributed by atoms with Crippen LogP contribution in [0, 0.1) is 10.2 Å². The van der Waals surface area contributed by atoms with Crippen LogP contribution >= 0.6 is 0 Å². The summed E-state index contributed by atoms with van der Waals surface area (Å²) in [5.74, 6) is 3.11. The molecule has 0 amide bonds. The van der Waals surface area contributed by atoms with Crippen LogP contribution in [-0.4, -0.2) is 13.2 Å². The zero-order valence-corrected chi connectivity index (χ0v) is 21.2. The zero-order chi connectivity index (χ0) is 26.7. The molecule has 37 heavy (non-hydrogen) atoms. The first-order valence-electron chi connectivity index (χ1n) is 11.6. The highest BCUT2D eigenvalue weighted by Gasteiger charge is 2.17. The van der Waals surface area contributed by atoms with E-state index in [0.717, 1.165) is 45.3 Å². The summed E-state index contributed by atoms with van der Waals surface area (Å²) in [5.41, 5.74) is 4.31. The fourth-order valence-electron chi connectivity index (χ4n) is 3.50. The summed E-state index contributed by atoms with van der Waals surface area (Å²) in [6.07, 6.45) is 4.02. The number of hydrogen-bond donors (Lipinski definition) is 0. The minimum atomic E-state index is -4.94. The number of halogens is 1. The standard InChI is InChI=1S/C29H27O3.ClHO4/c1-3-30-27-18-16-22(19-29(27)31-4-2)15-17-26-20-25(23-11-7-5-8-12-23)21-28(32-26)24-13-9-6-10-14-24;2-1(3,4)5/h5-21H,3-4H2,1-2H3;(H,2,3,4,5)/q+1;/p-1/b17-15+;. The molecule has 3 aromatic carbocycles. The molecule has 4 aromatic rings. The van der Waals surface area contributed by atoms with E-state index in [1.807, 2.05) is 80.6 Å². The second kappa shape index (κ2) is 13.5. The molecule has 0 bridgehead atoms. The highest BCUT2D eigenvalue weighted by atomic mass is 35.7. The predicted molar refractivity (Wildman–Crippen MR) is 132 cm³/mol. The summed E-state index contributed by atoms with van der Waals surface area (Å²) in [6, 6.07) is 30.6. The van der Waals surface area contributed by atoms with Crippen molar-refractivity contribution in [2.75, 3.05) is 13.2 Å². The molecule has 0 saturated carbocycles. The summed E-state index contributed by atoms with van der Waals surface area (Å²) in [7, 11) is -4.94. The molecule has 0 radical (unpaired) electrons. The number of benzene rings is 3. The Kier molecular flexibility index (Phi) is 10.2. The fourth-order valence-corrected chi connectivity index (χ4v) is 3.50. The Morgan fingerprint density at radius 1 is 0.649 bits per heavy atom. The molecule has 8 heteroatoms. The summed E-state index contributed by atoms with van der Waals surface area (Å²) in [5, 5.41) is 0. The molecule has 0 aliphatic rings. The summed E-state index contributed by atoms with van der Waals surface area (Å²) < 4.78 is 51.6. The molecule has 0 saturated heterocycles. The third-order valence-corrected chi connectivity index (χ3v) is 4.99. The van der Waals surface area contributed by atoms with E-state index in [1.54, 1.807) is 0 Å². The van der Waals surface area contributed by atoms with E-state index in [-0.39, 0.29) is 0 Å². The minimum Gasteiger partial charge on any atom is -0.490 e. The number of hydrogen-bond acceptors (Lipinski definition) is 6.